The molecule has 0 bridgehead atoms. The summed E-state index contributed by atoms with van der Waals surface area (Å²) < 4.78 is 17.6. The molecule has 0 fully saturated rings. The average Bonchev–Trinajstić information content (AvgIpc) is 2.31. The van der Waals surface area contributed by atoms with E-state index in [1.54, 1.807) is 0 Å². The average molecular weight is 253 g/mol. The van der Waals surface area contributed by atoms with Crippen molar-refractivity contribution < 1.29 is 24.0 Å². The molecule has 0 radical (unpaired) electrons. The van der Waals surface area contributed by atoms with Gasteiger partial charge in [0.15, 0.2) is 5.75 Å². The van der Waals surface area contributed by atoms with Gasteiger partial charge in [0.05, 0.1) is 17.6 Å². The molecule has 0 amide bonds. The Morgan fingerprint density at radius 3 is 2.83 bits per heavy atom. The lowest BCUT2D eigenvalue weighted by atomic mass is 10.1. The number of phenolic OH excluding ortho intramolecular Hbond substituents is 1. The maximum atomic E-state index is 13.3. The molecule has 0 aromatic heterocycles. The lowest BCUT2D eigenvalue weighted by Gasteiger charge is -1.98. The van der Waals surface area contributed by atoms with E-state index in [4.69, 9.17) is 5.11 Å². The molecule has 1 aromatic carbocycles. The Morgan fingerprint density at radius 1 is 1.61 bits per heavy atom. The molecular formula is C11H8FNO5. The molecule has 0 aliphatic carbocycles. The van der Waals surface area contributed by atoms with Crippen molar-refractivity contribution in [2.45, 2.75) is 6.42 Å². The number of carbonyl (C=O) groups excluding carboxylic acids is 1. The molecule has 1 rings (SSSR count). The molecule has 1 N–H and O–H groups in total. The summed E-state index contributed by atoms with van der Waals surface area (Å²) in [7, 11) is 1.18. The first-order chi connectivity index (χ1) is 8.45. The maximum Gasteiger partial charge on any atom is 0.317 e. The number of halogens is 1. The highest BCUT2D eigenvalue weighted by Crippen LogP contribution is 2.28. The van der Waals surface area contributed by atoms with E-state index in [-0.39, 0.29) is 12.0 Å². The van der Waals surface area contributed by atoms with E-state index in [1.807, 2.05) is 0 Å². The summed E-state index contributed by atoms with van der Waals surface area (Å²) in [6, 6.07) is 1.40. The second-order valence-corrected chi connectivity index (χ2v) is 3.13. The molecule has 0 saturated heterocycles. The summed E-state index contributed by atoms with van der Waals surface area (Å²) >= 11 is 0. The van der Waals surface area contributed by atoms with Crippen molar-refractivity contribution in [2.24, 2.45) is 0 Å². The van der Waals surface area contributed by atoms with Gasteiger partial charge in [-0.1, -0.05) is 11.8 Å². The summed E-state index contributed by atoms with van der Waals surface area (Å²) in [6.07, 6.45) is -0.259. The van der Waals surface area contributed by atoms with Crippen LogP contribution in [0.1, 0.15) is 12.0 Å². The minimum atomic E-state index is -0.907. The van der Waals surface area contributed by atoms with Crippen molar-refractivity contribution in [3.63, 3.8) is 0 Å². The number of benzene rings is 1. The number of ether oxygens (including phenoxy) is 1. The Hall–Kier alpha value is -2.62. The second kappa shape index (κ2) is 5.63. The van der Waals surface area contributed by atoms with Crippen LogP contribution in [0.15, 0.2) is 12.1 Å². The number of carbonyl (C=O) groups is 1. The summed E-state index contributed by atoms with van der Waals surface area (Å²) in [5.74, 6) is 2.28. The third kappa shape index (κ3) is 3.18. The number of methoxy groups -OCH3 is 1. The number of rotatable bonds is 2. The smallest absolute Gasteiger partial charge is 0.317 e. The van der Waals surface area contributed by atoms with Gasteiger partial charge in [-0.3, -0.25) is 14.9 Å². The molecule has 6 nitrogen and oxygen atoms in total. The van der Waals surface area contributed by atoms with Crippen molar-refractivity contribution in [2.75, 3.05) is 7.11 Å². The number of esters is 1. The van der Waals surface area contributed by atoms with E-state index >= 15 is 0 Å². The molecular weight excluding hydrogens is 245 g/mol. The van der Waals surface area contributed by atoms with Crippen LogP contribution in [0.25, 0.3) is 0 Å². The number of phenols is 1. The Bertz CT molecular complexity index is 559. The monoisotopic (exact) mass is 253 g/mol. The minimum absolute atomic E-state index is 0.259. The molecule has 0 saturated carbocycles. The number of hydrogen-bond donors (Lipinski definition) is 1. The summed E-state index contributed by atoms with van der Waals surface area (Å²) in [4.78, 5) is 20.4. The van der Waals surface area contributed by atoms with Crippen molar-refractivity contribution in [1.29, 1.82) is 0 Å². The molecule has 0 unspecified atom stereocenters. The van der Waals surface area contributed by atoms with E-state index in [2.05, 4.69) is 16.6 Å². The van der Waals surface area contributed by atoms with Crippen molar-refractivity contribution in [1.82, 2.24) is 0 Å². The third-order valence-corrected chi connectivity index (χ3v) is 1.94. The van der Waals surface area contributed by atoms with Crippen LogP contribution in [0.2, 0.25) is 0 Å². The standard InChI is InChI=1S/C11H8FNO5/c1-18-11(15)4-2-3-7-5-9(13(16)17)10(14)6-8(7)12/h5-6,14H,4H2,1H3. The highest BCUT2D eigenvalue weighted by Gasteiger charge is 2.16. The van der Waals surface area contributed by atoms with Gasteiger partial charge in [0, 0.05) is 12.1 Å². The van der Waals surface area contributed by atoms with Gasteiger partial charge < -0.3 is 9.84 Å². The molecule has 18 heavy (non-hydrogen) atoms. The fourth-order valence-electron chi connectivity index (χ4n) is 1.08. The van der Waals surface area contributed by atoms with E-state index in [1.165, 1.54) is 7.11 Å². The molecule has 0 aliphatic rings. The third-order valence-electron chi connectivity index (χ3n) is 1.94. The zero-order valence-corrected chi connectivity index (χ0v) is 9.27. The molecule has 0 spiro atoms. The molecule has 7 heteroatoms. The number of nitro groups is 1. The Balaban J connectivity index is 3.06. The lowest BCUT2D eigenvalue weighted by molar-refractivity contribution is -0.385. The SMILES string of the molecule is COC(=O)CC#Cc1cc([N+](=O)[O-])c(O)cc1F. The molecule has 1 aromatic rings. The van der Waals surface area contributed by atoms with Crippen LogP contribution in [0.4, 0.5) is 10.1 Å². The van der Waals surface area contributed by atoms with E-state index in [0.29, 0.717) is 6.07 Å². The van der Waals surface area contributed by atoms with Gasteiger partial charge in [-0.25, -0.2) is 4.39 Å². The van der Waals surface area contributed by atoms with Crippen LogP contribution >= 0.6 is 0 Å². The normalized spacial score (nSPS) is 9.22. The van der Waals surface area contributed by atoms with Gasteiger partial charge in [0.25, 0.3) is 0 Å². The molecule has 0 atom stereocenters. The van der Waals surface area contributed by atoms with Crippen molar-refractivity contribution in [3.05, 3.63) is 33.6 Å². The number of nitrogens with zero attached hydrogens (tertiary/aromatic N) is 1. The maximum absolute atomic E-state index is 13.3. The van der Waals surface area contributed by atoms with Gasteiger partial charge in [-0.15, -0.1) is 0 Å². The molecule has 94 valence electrons. The number of hydrogen-bond acceptors (Lipinski definition) is 5. The zero-order chi connectivity index (χ0) is 13.7. The van der Waals surface area contributed by atoms with Crippen LogP contribution in [0.5, 0.6) is 5.75 Å². The summed E-state index contributed by atoms with van der Waals surface area (Å²) in [5.41, 5.74) is -0.929. The lowest BCUT2D eigenvalue weighted by Crippen LogP contribution is -1.97. The summed E-state index contributed by atoms with van der Waals surface area (Å²) in [5, 5.41) is 19.6. The highest BCUT2D eigenvalue weighted by atomic mass is 19.1. The predicted molar refractivity (Wildman–Crippen MR) is 58.2 cm³/mol. The quantitative estimate of drug-likeness (QED) is 0.372. The van der Waals surface area contributed by atoms with Crippen LogP contribution < -0.4 is 0 Å². The Kier molecular flexibility index (Phi) is 4.21. The fraction of sp³-hybridized carbons (Fsp3) is 0.182. The van der Waals surface area contributed by atoms with Crippen molar-refractivity contribution in [3.8, 4) is 17.6 Å². The van der Waals surface area contributed by atoms with E-state index in [0.717, 1.165) is 6.07 Å². The van der Waals surface area contributed by atoms with Crippen molar-refractivity contribution >= 4 is 11.7 Å². The van der Waals surface area contributed by atoms with Gasteiger partial charge in [0.2, 0.25) is 0 Å². The van der Waals surface area contributed by atoms with Crippen LogP contribution in [0, 0.1) is 27.8 Å². The largest absolute Gasteiger partial charge is 0.502 e. The van der Waals surface area contributed by atoms with Crippen LogP contribution in [-0.4, -0.2) is 23.1 Å². The minimum Gasteiger partial charge on any atom is -0.502 e. The van der Waals surface area contributed by atoms with E-state index in [9.17, 15) is 19.3 Å². The first-order valence-corrected chi connectivity index (χ1v) is 4.68. The van der Waals surface area contributed by atoms with Crippen LogP contribution in [-0.2, 0) is 9.53 Å². The summed E-state index contributed by atoms with van der Waals surface area (Å²) in [6.45, 7) is 0. The predicted octanol–water partition coefficient (Wildman–Crippen LogP) is 1.35. The number of nitro benzene ring substituents is 1. The van der Waals surface area contributed by atoms with Gasteiger partial charge in [0.1, 0.15) is 12.2 Å². The molecule has 0 aliphatic heterocycles. The number of aromatic hydroxyl groups is 1. The van der Waals surface area contributed by atoms with E-state index < -0.39 is 28.1 Å². The molecule has 0 heterocycles. The zero-order valence-electron chi connectivity index (χ0n) is 9.27. The first kappa shape index (κ1) is 13.4. The highest BCUT2D eigenvalue weighted by molar-refractivity contribution is 5.72. The Labute approximate surface area is 101 Å². The van der Waals surface area contributed by atoms with Crippen LogP contribution in [0.3, 0.4) is 0 Å². The topological polar surface area (TPSA) is 89.7 Å². The Morgan fingerprint density at radius 2 is 2.28 bits per heavy atom. The van der Waals surface area contributed by atoms with Gasteiger partial charge in [-0.2, -0.15) is 0 Å². The fourth-order valence-corrected chi connectivity index (χ4v) is 1.08. The first-order valence-electron chi connectivity index (χ1n) is 4.68. The van der Waals surface area contributed by atoms with Gasteiger partial charge in [-0.05, 0) is 0 Å². The second-order valence-electron chi connectivity index (χ2n) is 3.13. The van der Waals surface area contributed by atoms with Gasteiger partial charge >= 0.3 is 11.7 Å².